The maximum Gasteiger partial charge on any atom is 0.326 e. The van der Waals surface area contributed by atoms with Gasteiger partial charge in [0.25, 0.3) is 0 Å². The van der Waals surface area contributed by atoms with Crippen molar-refractivity contribution in [3.05, 3.63) is 34.7 Å². The van der Waals surface area contributed by atoms with Crippen LogP contribution >= 0.6 is 0 Å². The number of imidazole rings is 1. The molecule has 1 aliphatic heterocycles. The van der Waals surface area contributed by atoms with Crippen LogP contribution in [0, 0.1) is 5.92 Å². The second-order valence-electron chi connectivity index (χ2n) is 8.00. The molecule has 2 fully saturated rings. The van der Waals surface area contributed by atoms with Crippen LogP contribution in [0.5, 0.6) is 0 Å². The Balaban J connectivity index is 1.32. The Morgan fingerprint density at radius 2 is 1.57 bits per heavy atom. The third kappa shape index (κ3) is 3.98. The number of H-pyrrole nitrogens is 1. The van der Waals surface area contributed by atoms with E-state index in [0.717, 1.165) is 11.0 Å². The normalized spacial score (nSPS) is 18.6. The van der Waals surface area contributed by atoms with Gasteiger partial charge in [-0.3, -0.25) is 14.2 Å². The molecule has 0 atom stereocenters. The number of nitrogens with zero attached hydrogens (tertiary/aromatic N) is 3. The molecule has 1 saturated heterocycles. The number of para-hydroxylation sites is 2. The standard InChI is InChI=1S/C21H28N4O3/c26-19(14-16-6-2-1-3-7-16)23-10-12-24(13-11-23)20(27)15-25-18-9-5-4-8-17(18)22-21(25)28/h4-5,8-9,16H,1-3,6-7,10-15H2,(H,22,28). The number of amides is 2. The average Bonchev–Trinajstić information content (AvgIpc) is 3.04. The van der Waals surface area contributed by atoms with Crippen LogP contribution in [0.3, 0.4) is 0 Å². The van der Waals surface area contributed by atoms with Gasteiger partial charge in [-0.05, 0) is 30.9 Å². The van der Waals surface area contributed by atoms with E-state index in [1.54, 1.807) is 4.90 Å². The number of hydrogen-bond donors (Lipinski definition) is 1. The maximum absolute atomic E-state index is 12.7. The van der Waals surface area contributed by atoms with Crippen molar-refractivity contribution in [2.45, 2.75) is 45.1 Å². The predicted octanol–water partition coefficient (Wildman–Crippen LogP) is 1.97. The first-order valence-electron chi connectivity index (χ1n) is 10.3. The first-order chi connectivity index (χ1) is 13.6. The molecule has 1 N–H and O–H groups in total. The molecule has 0 spiro atoms. The number of fused-ring (bicyclic) bond motifs is 1. The summed E-state index contributed by atoms with van der Waals surface area (Å²) in [5, 5.41) is 0. The van der Waals surface area contributed by atoms with E-state index in [-0.39, 0.29) is 24.0 Å². The van der Waals surface area contributed by atoms with Gasteiger partial charge >= 0.3 is 5.69 Å². The Kier molecular flexibility index (Phi) is 5.50. The fourth-order valence-corrected chi connectivity index (χ4v) is 4.47. The lowest BCUT2D eigenvalue weighted by atomic mass is 9.86. The van der Waals surface area contributed by atoms with Crippen LogP contribution in [0.4, 0.5) is 0 Å². The van der Waals surface area contributed by atoms with Gasteiger partial charge in [0, 0.05) is 32.6 Å². The molecule has 7 heteroatoms. The van der Waals surface area contributed by atoms with Gasteiger partial charge in [-0.25, -0.2) is 4.79 Å². The summed E-state index contributed by atoms with van der Waals surface area (Å²) in [5.41, 5.74) is 1.21. The van der Waals surface area contributed by atoms with E-state index in [0.29, 0.717) is 38.5 Å². The molecule has 1 saturated carbocycles. The second-order valence-corrected chi connectivity index (χ2v) is 8.00. The summed E-state index contributed by atoms with van der Waals surface area (Å²) in [6.45, 7) is 2.26. The monoisotopic (exact) mass is 384 g/mol. The Morgan fingerprint density at radius 3 is 2.29 bits per heavy atom. The summed E-state index contributed by atoms with van der Waals surface area (Å²) in [4.78, 5) is 43.9. The largest absolute Gasteiger partial charge is 0.339 e. The molecule has 150 valence electrons. The Morgan fingerprint density at radius 1 is 0.929 bits per heavy atom. The molecule has 1 aromatic heterocycles. The molecule has 2 aromatic rings. The van der Waals surface area contributed by atoms with Gasteiger partial charge in [-0.15, -0.1) is 0 Å². The summed E-state index contributed by atoms with van der Waals surface area (Å²) < 4.78 is 1.48. The van der Waals surface area contributed by atoms with Gasteiger partial charge in [0.05, 0.1) is 11.0 Å². The zero-order valence-corrected chi connectivity index (χ0v) is 16.2. The van der Waals surface area contributed by atoms with Crippen molar-refractivity contribution in [3.63, 3.8) is 0 Å². The second kappa shape index (κ2) is 8.20. The van der Waals surface area contributed by atoms with Crippen LogP contribution in [0.1, 0.15) is 38.5 Å². The minimum absolute atomic E-state index is 0.0267. The molecule has 1 aromatic carbocycles. The number of piperazine rings is 1. The number of hydrogen-bond acceptors (Lipinski definition) is 3. The van der Waals surface area contributed by atoms with E-state index in [9.17, 15) is 14.4 Å². The number of nitrogens with one attached hydrogen (secondary N) is 1. The van der Waals surface area contributed by atoms with Crippen molar-refractivity contribution in [3.8, 4) is 0 Å². The van der Waals surface area contributed by atoms with Crippen molar-refractivity contribution >= 4 is 22.8 Å². The Labute approximate surface area is 164 Å². The number of rotatable bonds is 4. The average molecular weight is 384 g/mol. The highest BCUT2D eigenvalue weighted by Crippen LogP contribution is 2.27. The maximum atomic E-state index is 12.7. The van der Waals surface area contributed by atoms with Crippen LogP contribution in [0.25, 0.3) is 11.0 Å². The SMILES string of the molecule is O=C(CC1CCCCC1)N1CCN(C(=O)Cn2c(=O)[nH]c3ccccc32)CC1. The number of benzene rings is 1. The number of aromatic nitrogens is 2. The molecular weight excluding hydrogens is 356 g/mol. The minimum Gasteiger partial charge on any atom is -0.339 e. The van der Waals surface area contributed by atoms with E-state index in [2.05, 4.69) is 4.98 Å². The molecule has 28 heavy (non-hydrogen) atoms. The van der Waals surface area contributed by atoms with E-state index < -0.39 is 0 Å². The van der Waals surface area contributed by atoms with Crippen molar-refractivity contribution < 1.29 is 9.59 Å². The molecule has 0 unspecified atom stereocenters. The molecule has 0 radical (unpaired) electrons. The van der Waals surface area contributed by atoms with E-state index in [1.807, 2.05) is 29.2 Å². The Hall–Kier alpha value is -2.57. The molecule has 7 nitrogen and oxygen atoms in total. The summed E-state index contributed by atoms with van der Waals surface area (Å²) in [6, 6.07) is 7.37. The van der Waals surface area contributed by atoms with Gasteiger partial charge in [0.2, 0.25) is 11.8 Å². The van der Waals surface area contributed by atoms with Crippen LogP contribution in [-0.2, 0) is 16.1 Å². The number of carbonyl (C=O) groups is 2. The topological polar surface area (TPSA) is 78.4 Å². The highest BCUT2D eigenvalue weighted by atomic mass is 16.2. The van der Waals surface area contributed by atoms with Crippen molar-refractivity contribution in [2.24, 2.45) is 5.92 Å². The van der Waals surface area contributed by atoms with Crippen LogP contribution in [0.15, 0.2) is 29.1 Å². The van der Waals surface area contributed by atoms with E-state index in [4.69, 9.17) is 0 Å². The first-order valence-corrected chi connectivity index (χ1v) is 10.3. The quantitative estimate of drug-likeness (QED) is 0.875. The molecule has 2 amide bonds. The van der Waals surface area contributed by atoms with Crippen molar-refractivity contribution in [1.82, 2.24) is 19.4 Å². The molecule has 4 rings (SSSR count). The van der Waals surface area contributed by atoms with E-state index in [1.165, 1.54) is 36.7 Å². The summed E-state index contributed by atoms with van der Waals surface area (Å²) in [6.07, 6.45) is 6.78. The van der Waals surface area contributed by atoms with Gasteiger partial charge < -0.3 is 14.8 Å². The van der Waals surface area contributed by atoms with Gasteiger partial charge in [-0.1, -0.05) is 31.4 Å². The molecule has 1 aliphatic carbocycles. The Bertz CT molecular complexity index is 902. The summed E-state index contributed by atoms with van der Waals surface area (Å²) >= 11 is 0. The number of aromatic amines is 1. The zero-order valence-electron chi connectivity index (χ0n) is 16.2. The predicted molar refractivity (Wildman–Crippen MR) is 107 cm³/mol. The van der Waals surface area contributed by atoms with Gasteiger partial charge in [0.1, 0.15) is 6.54 Å². The van der Waals surface area contributed by atoms with Crippen LogP contribution in [-0.4, -0.2) is 57.3 Å². The highest BCUT2D eigenvalue weighted by Gasteiger charge is 2.26. The smallest absolute Gasteiger partial charge is 0.326 e. The highest BCUT2D eigenvalue weighted by molar-refractivity contribution is 5.81. The van der Waals surface area contributed by atoms with Crippen molar-refractivity contribution in [2.75, 3.05) is 26.2 Å². The molecule has 2 aliphatic rings. The lowest BCUT2D eigenvalue weighted by molar-refractivity contribution is -0.140. The summed E-state index contributed by atoms with van der Waals surface area (Å²) in [5.74, 6) is 0.688. The number of carbonyl (C=O) groups excluding carboxylic acids is 2. The minimum atomic E-state index is -0.268. The van der Waals surface area contributed by atoms with Crippen LogP contribution < -0.4 is 5.69 Å². The molecule has 0 bridgehead atoms. The first kappa shape index (κ1) is 18.8. The zero-order chi connectivity index (χ0) is 19.5. The lowest BCUT2D eigenvalue weighted by Crippen LogP contribution is -2.51. The fourth-order valence-electron chi connectivity index (χ4n) is 4.47. The molecule has 2 heterocycles. The van der Waals surface area contributed by atoms with Crippen LogP contribution in [0.2, 0.25) is 0 Å². The van der Waals surface area contributed by atoms with Crippen molar-refractivity contribution in [1.29, 1.82) is 0 Å². The van der Waals surface area contributed by atoms with Gasteiger partial charge in [0.15, 0.2) is 0 Å². The third-order valence-corrected chi connectivity index (χ3v) is 6.15. The van der Waals surface area contributed by atoms with E-state index >= 15 is 0 Å². The lowest BCUT2D eigenvalue weighted by Gasteiger charge is -2.35. The third-order valence-electron chi connectivity index (χ3n) is 6.15. The van der Waals surface area contributed by atoms with Gasteiger partial charge in [-0.2, -0.15) is 0 Å². The molecular formula is C21H28N4O3. The summed E-state index contributed by atoms with van der Waals surface area (Å²) in [7, 11) is 0. The fraction of sp³-hybridized carbons (Fsp3) is 0.571.